The van der Waals surface area contributed by atoms with Crippen molar-refractivity contribution >= 4 is 32.9 Å². The van der Waals surface area contributed by atoms with E-state index >= 15 is 0 Å². The lowest BCUT2D eigenvalue weighted by molar-refractivity contribution is 0.0953. The number of rotatable bonds is 5. The van der Waals surface area contributed by atoms with E-state index < -0.39 is 0 Å². The van der Waals surface area contributed by atoms with Gasteiger partial charge >= 0.3 is 0 Å². The molecule has 0 fully saturated rings. The molecule has 8 heteroatoms. The van der Waals surface area contributed by atoms with Crippen molar-refractivity contribution in [3.8, 4) is 0 Å². The monoisotopic (exact) mass is 390 g/mol. The van der Waals surface area contributed by atoms with Gasteiger partial charge in [0.25, 0.3) is 5.91 Å². The number of aryl methyl sites for hydroxylation is 3. The molecule has 1 amide bonds. The summed E-state index contributed by atoms with van der Waals surface area (Å²) in [5, 5.41) is 12.4. The topological polar surface area (TPSA) is 77.6 Å². The third-order valence-electron chi connectivity index (χ3n) is 3.78. The maximum absolute atomic E-state index is 12.6. The molecule has 0 aromatic carbocycles. The second-order valence-electron chi connectivity index (χ2n) is 5.59. The van der Waals surface area contributed by atoms with E-state index in [1.807, 2.05) is 37.7 Å². The van der Waals surface area contributed by atoms with Crippen LogP contribution in [0, 0.1) is 13.8 Å². The zero-order chi connectivity index (χ0) is 17.3. The van der Waals surface area contributed by atoms with Crippen molar-refractivity contribution in [1.82, 2.24) is 29.9 Å². The molecule has 0 aliphatic heterocycles. The SMILES string of the molecule is CCn1nc(C)c2c(C(=O)NCCn3cc(Br)cn3)cc(C)nc21. The number of amides is 1. The average Bonchev–Trinajstić information content (AvgIpc) is 3.10. The van der Waals surface area contributed by atoms with E-state index in [2.05, 4.69) is 36.4 Å². The van der Waals surface area contributed by atoms with Crippen LogP contribution in [0.3, 0.4) is 0 Å². The van der Waals surface area contributed by atoms with Crippen LogP contribution in [-0.2, 0) is 13.1 Å². The predicted molar refractivity (Wildman–Crippen MR) is 94.9 cm³/mol. The molecule has 7 nitrogen and oxygen atoms in total. The minimum atomic E-state index is -0.115. The van der Waals surface area contributed by atoms with Crippen molar-refractivity contribution in [2.75, 3.05) is 6.54 Å². The number of fused-ring (bicyclic) bond motifs is 1. The molecule has 3 aromatic rings. The molecule has 0 aliphatic carbocycles. The van der Waals surface area contributed by atoms with Crippen LogP contribution in [0.15, 0.2) is 22.9 Å². The molecule has 0 spiro atoms. The standard InChI is InChI=1S/C16H19BrN6O/c1-4-23-15-14(11(3)21-23)13(7-10(2)20-15)16(24)18-5-6-22-9-12(17)8-19-22/h7-9H,4-6H2,1-3H3,(H,18,24). The molecular formula is C16H19BrN6O. The zero-order valence-corrected chi connectivity index (χ0v) is 15.5. The van der Waals surface area contributed by atoms with Gasteiger partial charge in [-0.05, 0) is 42.8 Å². The first-order chi connectivity index (χ1) is 11.5. The van der Waals surface area contributed by atoms with Gasteiger partial charge in [0.1, 0.15) is 0 Å². The molecule has 0 saturated heterocycles. The van der Waals surface area contributed by atoms with Crippen LogP contribution < -0.4 is 5.32 Å². The van der Waals surface area contributed by atoms with Crippen molar-refractivity contribution in [3.05, 3.63) is 39.9 Å². The molecule has 3 aromatic heterocycles. The lowest BCUT2D eigenvalue weighted by Crippen LogP contribution is -2.27. The Morgan fingerprint density at radius 3 is 2.83 bits per heavy atom. The minimum Gasteiger partial charge on any atom is -0.350 e. The number of nitrogens with zero attached hydrogens (tertiary/aromatic N) is 5. The number of hydrogen-bond donors (Lipinski definition) is 1. The second kappa shape index (κ2) is 6.72. The van der Waals surface area contributed by atoms with E-state index in [0.717, 1.165) is 33.4 Å². The fraction of sp³-hybridized carbons (Fsp3) is 0.375. The lowest BCUT2D eigenvalue weighted by Gasteiger charge is -2.08. The number of aromatic nitrogens is 5. The molecule has 126 valence electrons. The number of hydrogen-bond acceptors (Lipinski definition) is 4. The first-order valence-electron chi connectivity index (χ1n) is 7.80. The van der Waals surface area contributed by atoms with Crippen LogP contribution in [0.4, 0.5) is 0 Å². The maximum Gasteiger partial charge on any atom is 0.252 e. The Hall–Kier alpha value is -2.22. The largest absolute Gasteiger partial charge is 0.350 e. The van der Waals surface area contributed by atoms with Crippen LogP contribution in [-0.4, -0.2) is 37.0 Å². The number of nitrogens with one attached hydrogen (secondary N) is 1. The van der Waals surface area contributed by atoms with Gasteiger partial charge in [0.2, 0.25) is 0 Å². The highest BCUT2D eigenvalue weighted by Gasteiger charge is 2.18. The van der Waals surface area contributed by atoms with Gasteiger partial charge in [0.15, 0.2) is 5.65 Å². The Balaban J connectivity index is 1.82. The van der Waals surface area contributed by atoms with Crippen LogP contribution >= 0.6 is 15.9 Å². The van der Waals surface area contributed by atoms with Gasteiger partial charge in [-0.15, -0.1) is 0 Å². The quantitative estimate of drug-likeness (QED) is 0.725. The minimum absolute atomic E-state index is 0.115. The average molecular weight is 391 g/mol. The van der Waals surface area contributed by atoms with E-state index in [1.54, 1.807) is 10.9 Å². The molecule has 24 heavy (non-hydrogen) atoms. The summed E-state index contributed by atoms with van der Waals surface area (Å²) in [6.07, 6.45) is 3.59. The summed E-state index contributed by atoms with van der Waals surface area (Å²) in [5.41, 5.74) is 3.01. The van der Waals surface area contributed by atoms with Gasteiger partial charge in [-0.2, -0.15) is 10.2 Å². The predicted octanol–water partition coefficient (Wildman–Crippen LogP) is 2.46. The highest BCUT2D eigenvalue weighted by Crippen LogP contribution is 2.22. The van der Waals surface area contributed by atoms with Crippen LogP contribution in [0.1, 0.15) is 28.7 Å². The smallest absolute Gasteiger partial charge is 0.252 e. The van der Waals surface area contributed by atoms with Crippen LogP contribution in [0.25, 0.3) is 11.0 Å². The summed E-state index contributed by atoms with van der Waals surface area (Å²) >= 11 is 3.35. The molecule has 0 bridgehead atoms. The second-order valence-corrected chi connectivity index (χ2v) is 6.50. The van der Waals surface area contributed by atoms with Crippen molar-refractivity contribution in [3.63, 3.8) is 0 Å². The van der Waals surface area contributed by atoms with Gasteiger partial charge in [-0.3, -0.25) is 9.48 Å². The van der Waals surface area contributed by atoms with Gasteiger partial charge in [-0.1, -0.05) is 0 Å². The third-order valence-corrected chi connectivity index (χ3v) is 4.19. The summed E-state index contributed by atoms with van der Waals surface area (Å²) < 4.78 is 4.52. The molecule has 0 unspecified atom stereocenters. The van der Waals surface area contributed by atoms with E-state index in [0.29, 0.717) is 18.7 Å². The molecule has 3 rings (SSSR count). The van der Waals surface area contributed by atoms with Crippen LogP contribution in [0.2, 0.25) is 0 Å². The van der Waals surface area contributed by atoms with E-state index in [-0.39, 0.29) is 5.91 Å². The summed E-state index contributed by atoms with van der Waals surface area (Å²) in [7, 11) is 0. The number of carbonyl (C=O) groups is 1. The number of carbonyl (C=O) groups excluding carboxylic acids is 1. The fourth-order valence-electron chi connectivity index (χ4n) is 2.72. The van der Waals surface area contributed by atoms with Crippen molar-refractivity contribution in [1.29, 1.82) is 0 Å². The van der Waals surface area contributed by atoms with Gasteiger partial charge in [0.05, 0.1) is 33.9 Å². The Kier molecular flexibility index (Phi) is 4.66. The summed E-state index contributed by atoms with van der Waals surface area (Å²) in [6.45, 7) is 7.63. The molecule has 1 N–H and O–H groups in total. The van der Waals surface area contributed by atoms with E-state index in [4.69, 9.17) is 0 Å². The normalized spacial score (nSPS) is 11.2. The molecule has 0 atom stereocenters. The Bertz CT molecular complexity index is 897. The first kappa shape index (κ1) is 16.6. The highest BCUT2D eigenvalue weighted by atomic mass is 79.9. The summed E-state index contributed by atoms with van der Waals surface area (Å²) in [5.74, 6) is -0.115. The zero-order valence-electron chi connectivity index (χ0n) is 13.9. The Labute approximate surface area is 148 Å². The highest BCUT2D eigenvalue weighted by molar-refractivity contribution is 9.10. The first-order valence-corrected chi connectivity index (χ1v) is 8.59. The summed E-state index contributed by atoms with van der Waals surface area (Å²) in [4.78, 5) is 17.2. The van der Waals surface area contributed by atoms with E-state index in [9.17, 15) is 4.79 Å². The molecule has 3 heterocycles. The van der Waals surface area contributed by atoms with Gasteiger partial charge in [-0.25, -0.2) is 9.67 Å². The van der Waals surface area contributed by atoms with Crippen molar-refractivity contribution in [2.45, 2.75) is 33.9 Å². The van der Waals surface area contributed by atoms with E-state index in [1.165, 1.54) is 0 Å². The molecule has 0 aliphatic rings. The third kappa shape index (κ3) is 3.19. The van der Waals surface area contributed by atoms with Gasteiger partial charge < -0.3 is 5.32 Å². The molecular weight excluding hydrogens is 372 g/mol. The lowest BCUT2D eigenvalue weighted by atomic mass is 10.1. The Morgan fingerprint density at radius 2 is 2.17 bits per heavy atom. The number of pyridine rings is 1. The van der Waals surface area contributed by atoms with Gasteiger partial charge in [0, 0.05) is 25.0 Å². The summed E-state index contributed by atoms with van der Waals surface area (Å²) in [6, 6.07) is 1.82. The maximum atomic E-state index is 12.6. The van der Waals surface area contributed by atoms with Crippen LogP contribution in [0.5, 0.6) is 0 Å². The molecule has 0 radical (unpaired) electrons. The Morgan fingerprint density at radius 1 is 1.38 bits per heavy atom. The van der Waals surface area contributed by atoms with Crippen molar-refractivity contribution in [2.24, 2.45) is 0 Å². The fourth-order valence-corrected chi connectivity index (χ4v) is 3.05. The number of halogens is 1. The van der Waals surface area contributed by atoms with Crippen molar-refractivity contribution < 1.29 is 4.79 Å². The molecule has 0 saturated carbocycles.